The third-order valence-corrected chi connectivity index (χ3v) is 4.49. The van der Waals surface area contributed by atoms with Gasteiger partial charge in [-0.3, -0.25) is 4.79 Å². The van der Waals surface area contributed by atoms with E-state index in [4.69, 9.17) is 19.3 Å². The summed E-state index contributed by atoms with van der Waals surface area (Å²) in [5, 5.41) is 19.4. The number of rotatable bonds is 6. The fourth-order valence-corrected chi connectivity index (χ4v) is 2.80. The van der Waals surface area contributed by atoms with Crippen LogP contribution in [0.15, 0.2) is 54.6 Å². The van der Waals surface area contributed by atoms with Crippen molar-refractivity contribution in [1.82, 2.24) is 0 Å². The largest absolute Gasteiger partial charge is 0.497 e. The standard InChI is InChI=1S/C14H14O6.C9H10O3/c1-19-11-2-3-12(13(16)17)9(6-11)7-14(18)5-4-10(15)8-20-14;1-11-8-5-3-7(4-6-8)9(10)12-2/h2-6,18H,7-8H2,1H3,(H,16,17);3-6H,1-2H3. The molecule has 0 fully saturated rings. The summed E-state index contributed by atoms with van der Waals surface area (Å²) in [4.78, 5) is 33.2. The summed E-state index contributed by atoms with van der Waals surface area (Å²) in [5.74, 6) is -2.18. The van der Waals surface area contributed by atoms with Crippen LogP contribution in [0.2, 0.25) is 0 Å². The first-order valence-corrected chi connectivity index (χ1v) is 9.42. The first-order chi connectivity index (χ1) is 15.2. The number of ether oxygens (including phenoxy) is 4. The summed E-state index contributed by atoms with van der Waals surface area (Å²) >= 11 is 0. The number of hydrogen-bond donors (Lipinski definition) is 2. The molecule has 3 rings (SSSR count). The maximum Gasteiger partial charge on any atom is 0.337 e. The number of benzene rings is 2. The van der Waals surface area contributed by atoms with E-state index in [1.807, 2.05) is 0 Å². The molecule has 1 heterocycles. The second-order valence-electron chi connectivity index (χ2n) is 6.66. The topological polar surface area (TPSA) is 129 Å². The number of carboxylic acids is 1. The quantitative estimate of drug-likeness (QED) is 0.645. The Hall–Kier alpha value is -3.69. The van der Waals surface area contributed by atoms with Crippen LogP contribution in [0.3, 0.4) is 0 Å². The van der Waals surface area contributed by atoms with Crippen molar-refractivity contribution < 1.29 is 43.5 Å². The monoisotopic (exact) mass is 444 g/mol. The number of methoxy groups -OCH3 is 3. The van der Waals surface area contributed by atoms with Crippen LogP contribution < -0.4 is 9.47 Å². The van der Waals surface area contributed by atoms with Crippen LogP contribution in [0.5, 0.6) is 11.5 Å². The van der Waals surface area contributed by atoms with Crippen LogP contribution in [-0.4, -0.2) is 61.7 Å². The van der Waals surface area contributed by atoms with Crippen LogP contribution in [0, 0.1) is 0 Å². The van der Waals surface area contributed by atoms with Gasteiger partial charge in [-0.05, 0) is 60.2 Å². The lowest BCUT2D eigenvalue weighted by molar-refractivity contribution is -0.175. The molecule has 0 bridgehead atoms. The molecule has 0 amide bonds. The highest BCUT2D eigenvalue weighted by Crippen LogP contribution is 2.25. The number of esters is 1. The van der Waals surface area contributed by atoms with Gasteiger partial charge in [-0.15, -0.1) is 0 Å². The Labute approximate surface area is 184 Å². The lowest BCUT2D eigenvalue weighted by Crippen LogP contribution is -2.38. The molecule has 0 radical (unpaired) electrons. The summed E-state index contributed by atoms with van der Waals surface area (Å²) in [5.41, 5.74) is 0.935. The maximum atomic E-state index is 11.2. The predicted octanol–water partition coefficient (Wildman–Crippen LogP) is 2.26. The van der Waals surface area contributed by atoms with Crippen molar-refractivity contribution in [1.29, 1.82) is 0 Å². The summed E-state index contributed by atoms with van der Waals surface area (Å²) in [7, 11) is 4.39. The van der Waals surface area contributed by atoms with E-state index >= 15 is 0 Å². The normalized spacial score (nSPS) is 17.1. The van der Waals surface area contributed by atoms with Crippen LogP contribution in [0.1, 0.15) is 26.3 Å². The molecule has 0 saturated heterocycles. The number of carbonyl (C=O) groups excluding carboxylic acids is 2. The Morgan fingerprint density at radius 1 is 1.03 bits per heavy atom. The van der Waals surface area contributed by atoms with E-state index in [1.165, 1.54) is 44.6 Å². The highest BCUT2D eigenvalue weighted by molar-refractivity contribution is 5.92. The van der Waals surface area contributed by atoms with Gasteiger partial charge in [0.1, 0.15) is 18.1 Å². The fourth-order valence-electron chi connectivity index (χ4n) is 2.80. The van der Waals surface area contributed by atoms with Gasteiger partial charge in [0.2, 0.25) is 0 Å². The zero-order valence-corrected chi connectivity index (χ0v) is 17.9. The molecule has 170 valence electrons. The van der Waals surface area contributed by atoms with Gasteiger partial charge >= 0.3 is 11.9 Å². The molecule has 0 aliphatic carbocycles. The summed E-state index contributed by atoms with van der Waals surface area (Å²) < 4.78 is 19.6. The van der Waals surface area contributed by atoms with Gasteiger partial charge in [-0.1, -0.05) is 0 Å². The Bertz CT molecular complexity index is 995. The number of aromatic carboxylic acids is 1. The molecule has 1 atom stereocenters. The van der Waals surface area contributed by atoms with E-state index in [0.29, 0.717) is 16.9 Å². The number of aliphatic hydroxyl groups is 1. The molecular formula is C23H24O9. The van der Waals surface area contributed by atoms with Crippen molar-refractivity contribution in [2.75, 3.05) is 27.9 Å². The average molecular weight is 444 g/mol. The Balaban J connectivity index is 0.000000258. The van der Waals surface area contributed by atoms with Gasteiger partial charge in [0.15, 0.2) is 11.6 Å². The highest BCUT2D eigenvalue weighted by Gasteiger charge is 2.31. The SMILES string of the molecule is COC(=O)c1ccc(OC)cc1.COc1ccc(C(=O)O)c(CC2(O)C=CC(=O)CO2)c1. The third-order valence-electron chi connectivity index (χ3n) is 4.49. The molecule has 1 unspecified atom stereocenters. The average Bonchev–Trinajstić information content (AvgIpc) is 2.80. The second kappa shape index (κ2) is 11.1. The Kier molecular flexibility index (Phi) is 8.51. The molecular weight excluding hydrogens is 420 g/mol. The third kappa shape index (κ3) is 6.66. The number of carboxylic acid groups (broad SMARTS) is 1. The lowest BCUT2D eigenvalue weighted by Gasteiger charge is -2.27. The first-order valence-electron chi connectivity index (χ1n) is 9.42. The zero-order valence-electron chi connectivity index (χ0n) is 17.9. The number of carbonyl (C=O) groups is 3. The number of hydrogen-bond acceptors (Lipinski definition) is 8. The molecule has 1 aliphatic rings. The molecule has 32 heavy (non-hydrogen) atoms. The van der Waals surface area contributed by atoms with Crippen LogP contribution >= 0.6 is 0 Å². The summed E-state index contributed by atoms with van der Waals surface area (Å²) in [6.07, 6.45) is 2.36. The van der Waals surface area contributed by atoms with Gasteiger partial charge in [0.05, 0.1) is 32.5 Å². The molecule has 0 spiro atoms. The van der Waals surface area contributed by atoms with E-state index < -0.39 is 11.8 Å². The van der Waals surface area contributed by atoms with Gasteiger partial charge in [-0.25, -0.2) is 9.59 Å². The summed E-state index contributed by atoms with van der Waals surface area (Å²) in [6, 6.07) is 11.2. The molecule has 0 saturated carbocycles. The van der Waals surface area contributed by atoms with Crippen molar-refractivity contribution in [3.63, 3.8) is 0 Å². The van der Waals surface area contributed by atoms with E-state index in [2.05, 4.69) is 4.74 Å². The van der Waals surface area contributed by atoms with Gasteiger partial charge in [-0.2, -0.15) is 0 Å². The minimum atomic E-state index is -1.69. The molecule has 2 N–H and O–H groups in total. The van der Waals surface area contributed by atoms with Gasteiger partial charge < -0.3 is 29.2 Å². The molecule has 9 nitrogen and oxygen atoms in total. The predicted molar refractivity (Wildman–Crippen MR) is 113 cm³/mol. The minimum absolute atomic E-state index is 0.0492. The smallest absolute Gasteiger partial charge is 0.337 e. The van der Waals surface area contributed by atoms with Gasteiger partial charge in [0, 0.05) is 6.42 Å². The molecule has 1 aliphatic heterocycles. The zero-order chi connectivity index (χ0) is 23.7. The minimum Gasteiger partial charge on any atom is -0.497 e. The van der Waals surface area contributed by atoms with Crippen molar-refractivity contribution in [2.45, 2.75) is 12.2 Å². The molecule has 2 aromatic carbocycles. The Morgan fingerprint density at radius 2 is 1.66 bits per heavy atom. The van der Waals surface area contributed by atoms with E-state index in [1.54, 1.807) is 31.4 Å². The highest BCUT2D eigenvalue weighted by atomic mass is 16.6. The van der Waals surface area contributed by atoms with Crippen molar-refractivity contribution in [2.24, 2.45) is 0 Å². The molecule has 0 aromatic heterocycles. The van der Waals surface area contributed by atoms with Crippen molar-refractivity contribution in [3.8, 4) is 11.5 Å². The second-order valence-corrected chi connectivity index (χ2v) is 6.66. The maximum absolute atomic E-state index is 11.2. The van der Waals surface area contributed by atoms with Crippen molar-refractivity contribution in [3.05, 3.63) is 71.3 Å². The first kappa shape index (κ1) is 24.6. The fraction of sp³-hybridized carbons (Fsp3) is 0.261. The molecule has 9 heteroatoms. The summed E-state index contributed by atoms with van der Waals surface area (Å²) in [6.45, 7) is -0.237. The van der Waals surface area contributed by atoms with Crippen LogP contribution in [-0.2, 0) is 20.7 Å². The van der Waals surface area contributed by atoms with E-state index in [-0.39, 0.29) is 30.3 Å². The van der Waals surface area contributed by atoms with Crippen LogP contribution in [0.4, 0.5) is 0 Å². The van der Waals surface area contributed by atoms with E-state index in [9.17, 15) is 19.5 Å². The van der Waals surface area contributed by atoms with E-state index in [0.717, 1.165) is 5.75 Å². The lowest BCUT2D eigenvalue weighted by atomic mass is 9.97. The Morgan fingerprint density at radius 3 is 2.16 bits per heavy atom. The molecule has 2 aromatic rings. The van der Waals surface area contributed by atoms with Crippen molar-refractivity contribution >= 4 is 17.7 Å². The van der Waals surface area contributed by atoms with Crippen LogP contribution in [0.25, 0.3) is 0 Å². The number of ketones is 1. The van der Waals surface area contributed by atoms with Gasteiger partial charge in [0.25, 0.3) is 0 Å².